The van der Waals surface area contributed by atoms with Crippen LogP contribution in [-0.4, -0.2) is 26.3 Å². The SMILES string of the molecule is CNS(=O)(=O)c1ccc(CCC(=O)N(Cc2ccco2)Cc2cccs2)cc1. The number of hydrogen-bond acceptors (Lipinski definition) is 5. The lowest BCUT2D eigenvalue weighted by atomic mass is 10.1. The first kappa shape index (κ1) is 20.3. The quantitative estimate of drug-likeness (QED) is 0.578. The molecule has 1 amide bonds. The van der Waals surface area contributed by atoms with Crippen LogP contribution >= 0.6 is 11.3 Å². The highest BCUT2D eigenvalue weighted by atomic mass is 32.2. The van der Waals surface area contributed by atoms with Gasteiger partial charge in [0, 0.05) is 11.3 Å². The highest BCUT2D eigenvalue weighted by Gasteiger charge is 2.17. The summed E-state index contributed by atoms with van der Waals surface area (Å²) in [5.74, 6) is 0.767. The fourth-order valence-corrected chi connectivity index (χ4v) is 4.23. The van der Waals surface area contributed by atoms with Crippen LogP contribution in [0.25, 0.3) is 0 Å². The third-order valence-electron chi connectivity index (χ3n) is 4.34. The molecule has 0 aliphatic carbocycles. The van der Waals surface area contributed by atoms with Gasteiger partial charge < -0.3 is 9.32 Å². The summed E-state index contributed by atoms with van der Waals surface area (Å²) in [7, 11) is -2.07. The van der Waals surface area contributed by atoms with E-state index in [4.69, 9.17) is 4.42 Å². The van der Waals surface area contributed by atoms with Crippen molar-refractivity contribution in [1.29, 1.82) is 0 Å². The molecule has 1 aromatic carbocycles. The molecular formula is C20H22N2O4S2. The topological polar surface area (TPSA) is 79.6 Å². The van der Waals surface area contributed by atoms with E-state index in [1.807, 2.05) is 29.6 Å². The molecule has 0 atom stereocenters. The maximum Gasteiger partial charge on any atom is 0.240 e. The van der Waals surface area contributed by atoms with Crippen molar-refractivity contribution in [1.82, 2.24) is 9.62 Å². The van der Waals surface area contributed by atoms with Gasteiger partial charge in [0.05, 0.1) is 24.2 Å². The first-order chi connectivity index (χ1) is 13.5. The van der Waals surface area contributed by atoms with Crippen molar-refractivity contribution >= 4 is 27.3 Å². The van der Waals surface area contributed by atoms with Gasteiger partial charge in [-0.15, -0.1) is 11.3 Å². The molecule has 3 rings (SSSR count). The van der Waals surface area contributed by atoms with E-state index in [9.17, 15) is 13.2 Å². The van der Waals surface area contributed by atoms with Crippen LogP contribution < -0.4 is 4.72 Å². The Bertz CT molecular complexity index is 943. The monoisotopic (exact) mass is 418 g/mol. The summed E-state index contributed by atoms with van der Waals surface area (Å²) >= 11 is 1.61. The first-order valence-corrected chi connectivity index (χ1v) is 11.2. The molecule has 0 aliphatic rings. The number of nitrogens with one attached hydrogen (secondary N) is 1. The summed E-state index contributed by atoms with van der Waals surface area (Å²) in [5, 5.41) is 1.99. The van der Waals surface area contributed by atoms with Gasteiger partial charge in [0.25, 0.3) is 0 Å². The van der Waals surface area contributed by atoms with Crippen LogP contribution in [0.15, 0.2) is 69.5 Å². The van der Waals surface area contributed by atoms with Crippen molar-refractivity contribution in [2.45, 2.75) is 30.8 Å². The minimum absolute atomic E-state index is 0.0247. The van der Waals surface area contributed by atoms with Gasteiger partial charge in [-0.25, -0.2) is 13.1 Å². The molecule has 0 fully saturated rings. The molecule has 0 radical (unpaired) electrons. The molecule has 0 spiro atoms. The molecule has 28 heavy (non-hydrogen) atoms. The second-order valence-electron chi connectivity index (χ2n) is 6.26. The summed E-state index contributed by atoms with van der Waals surface area (Å²) in [6, 6.07) is 14.2. The Morgan fingerprint density at radius 2 is 1.89 bits per heavy atom. The molecule has 0 aliphatic heterocycles. The van der Waals surface area contributed by atoms with Crippen LogP contribution in [-0.2, 0) is 34.3 Å². The van der Waals surface area contributed by atoms with Crippen LogP contribution in [0.2, 0.25) is 0 Å². The number of furan rings is 1. The second-order valence-corrected chi connectivity index (χ2v) is 9.18. The third-order valence-corrected chi connectivity index (χ3v) is 6.63. The number of carbonyl (C=O) groups excluding carboxylic acids is 1. The fourth-order valence-electron chi connectivity index (χ4n) is 2.78. The summed E-state index contributed by atoms with van der Waals surface area (Å²) in [4.78, 5) is 15.9. The normalized spacial score (nSPS) is 11.5. The van der Waals surface area contributed by atoms with Crippen molar-refractivity contribution in [3.63, 3.8) is 0 Å². The van der Waals surface area contributed by atoms with Gasteiger partial charge >= 0.3 is 0 Å². The molecule has 0 unspecified atom stereocenters. The van der Waals surface area contributed by atoms with Crippen molar-refractivity contribution in [2.75, 3.05) is 7.05 Å². The maximum absolute atomic E-state index is 12.8. The molecule has 3 aromatic rings. The van der Waals surface area contributed by atoms with E-state index in [2.05, 4.69) is 4.72 Å². The van der Waals surface area contributed by atoms with E-state index in [1.165, 1.54) is 7.05 Å². The van der Waals surface area contributed by atoms with Crippen molar-refractivity contribution in [2.24, 2.45) is 0 Å². The Hall–Kier alpha value is -2.42. The number of rotatable bonds is 9. The lowest BCUT2D eigenvalue weighted by Crippen LogP contribution is -2.29. The zero-order valence-corrected chi connectivity index (χ0v) is 17.1. The van der Waals surface area contributed by atoms with Crippen LogP contribution in [0.3, 0.4) is 0 Å². The summed E-state index contributed by atoms with van der Waals surface area (Å²) < 4.78 is 31.3. The molecule has 6 nitrogen and oxygen atoms in total. The molecule has 2 aromatic heterocycles. The summed E-state index contributed by atoms with van der Waals surface area (Å²) in [6.45, 7) is 0.958. The Balaban J connectivity index is 1.64. The van der Waals surface area contributed by atoms with Crippen molar-refractivity contribution in [3.8, 4) is 0 Å². The van der Waals surface area contributed by atoms with Gasteiger partial charge in [0.2, 0.25) is 15.9 Å². The maximum atomic E-state index is 12.8. The minimum Gasteiger partial charge on any atom is -0.467 e. The van der Waals surface area contributed by atoms with Crippen molar-refractivity contribution in [3.05, 3.63) is 76.4 Å². The fraction of sp³-hybridized carbons (Fsp3) is 0.250. The molecule has 2 heterocycles. The van der Waals surface area contributed by atoms with Crippen LogP contribution in [0.5, 0.6) is 0 Å². The molecule has 0 saturated carbocycles. The molecule has 148 valence electrons. The number of thiophene rings is 1. The van der Waals surface area contributed by atoms with E-state index < -0.39 is 10.0 Å². The van der Waals surface area contributed by atoms with Gasteiger partial charge in [0.1, 0.15) is 5.76 Å². The Labute approximate surface area is 168 Å². The minimum atomic E-state index is -3.45. The number of hydrogen-bond donors (Lipinski definition) is 1. The Morgan fingerprint density at radius 3 is 2.50 bits per heavy atom. The zero-order valence-electron chi connectivity index (χ0n) is 15.5. The standard InChI is InChI=1S/C20H22N2O4S2/c1-21-28(24,25)19-9-6-16(7-10-19)8-11-20(23)22(14-17-4-2-12-26-17)15-18-5-3-13-27-18/h2-7,9-10,12-13,21H,8,11,14-15H2,1H3. The van der Waals surface area contributed by atoms with Crippen LogP contribution in [0.4, 0.5) is 0 Å². The lowest BCUT2D eigenvalue weighted by molar-refractivity contribution is -0.132. The second kappa shape index (κ2) is 9.18. The number of nitrogens with zero attached hydrogens (tertiary/aromatic N) is 1. The van der Waals surface area contributed by atoms with Crippen LogP contribution in [0.1, 0.15) is 22.6 Å². The predicted octanol–water partition coefficient (Wildman–Crippen LogP) is 3.41. The van der Waals surface area contributed by atoms with E-state index in [-0.39, 0.29) is 10.8 Å². The van der Waals surface area contributed by atoms with E-state index in [0.29, 0.717) is 25.9 Å². The van der Waals surface area contributed by atoms with Crippen LogP contribution in [0, 0.1) is 0 Å². The van der Waals surface area contributed by atoms with E-state index in [1.54, 1.807) is 46.8 Å². The average molecular weight is 419 g/mol. The first-order valence-electron chi connectivity index (χ1n) is 8.83. The molecule has 0 saturated heterocycles. The number of amides is 1. The van der Waals surface area contributed by atoms with Gasteiger partial charge in [-0.1, -0.05) is 18.2 Å². The lowest BCUT2D eigenvalue weighted by Gasteiger charge is -2.21. The van der Waals surface area contributed by atoms with Gasteiger partial charge in [-0.05, 0) is 54.7 Å². The van der Waals surface area contributed by atoms with Gasteiger partial charge in [-0.2, -0.15) is 0 Å². The molecule has 8 heteroatoms. The highest BCUT2D eigenvalue weighted by molar-refractivity contribution is 7.89. The molecular weight excluding hydrogens is 396 g/mol. The van der Waals surface area contributed by atoms with Crippen molar-refractivity contribution < 1.29 is 17.6 Å². The number of carbonyl (C=O) groups is 1. The highest BCUT2D eigenvalue weighted by Crippen LogP contribution is 2.17. The van der Waals surface area contributed by atoms with E-state index >= 15 is 0 Å². The average Bonchev–Trinajstić information content (AvgIpc) is 3.40. The predicted molar refractivity (Wildman–Crippen MR) is 108 cm³/mol. The number of benzene rings is 1. The Kier molecular flexibility index (Phi) is 6.66. The van der Waals surface area contributed by atoms with Gasteiger partial charge in [-0.3, -0.25) is 4.79 Å². The van der Waals surface area contributed by atoms with Gasteiger partial charge in [0.15, 0.2) is 0 Å². The smallest absolute Gasteiger partial charge is 0.240 e. The number of sulfonamides is 1. The Morgan fingerprint density at radius 1 is 1.11 bits per heavy atom. The zero-order chi connectivity index (χ0) is 20.0. The summed E-state index contributed by atoms with van der Waals surface area (Å²) in [5.41, 5.74) is 0.914. The largest absolute Gasteiger partial charge is 0.467 e. The number of aryl methyl sites for hydroxylation is 1. The molecule has 0 bridgehead atoms. The third kappa shape index (κ3) is 5.31. The molecule has 1 N–H and O–H groups in total. The summed E-state index contributed by atoms with van der Waals surface area (Å²) in [6.07, 6.45) is 2.48. The van der Waals surface area contributed by atoms with E-state index in [0.717, 1.165) is 16.2 Å².